The molecule has 0 aliphatic carbocycles. The molecule has 14 heavy (non-hydrogen) atoms. The number of carbonyl (C=O) groups excluding carboxylic acids is 1. The molecule has 1 unspecified atom stereocenters. The lowest BCUT2D eigenvalue weighted by Gasteiger charge is -2.06. The predicted molar refractivity (Wildman–Crippen MR) is 56.8 cm³/mol. The van der Waals surface area contributed by atoms with Gasteiger partial charge in [0.25, 0.3) is 0 Å². The Morgan fingerprint density at radius 3 is 3.00 bits per heavy atom. The van der Waals surface area contributed by atoms with E-state index in [0.29, 0.717) is 5.88 Å². The van der Waals surface area contributed by atoms with Crippen LogP contribution < -0.4 is 10.1 Å². The highest BCUT2D eigenvalue weighted by molar-refractivity contribution is 7.10. The Balaban J connectivity index is 2.56. The zero-order chi connectivity index (χ0) is 10.6. The smallest absolute Gasteiger partial charge is 0.227 e. The molecule has 0 fully saturated rings. The quantitative estimate of drug-likeness (QED) is 0.835. The number of ether oxygens (including phenoxy) is 1. The van der Waals surface area contributed by atoms with Gasteiger partial charge in [-0.1, -0.05) is 13.8 Å². The minimum absolute atomic E-state index is 0.0267. The van der Waals surface area contributed by atoms with Gasteiger partial charge in [0.15, 0.2) is 0 Å². The van der Waals surface area contributed by atoms with Gasteiger partial charge in [0.05, 0.1) is 7.11 Å². The van der Waals surface area contributed by atoms with Crippen molar-refractivity contribution in [3.05, 3.63) is 6.07 Å². The standard InChI is InChI=1S/C9H14N2O2S/c1-4-6(2)9(12)10-8-5-7(13-3)11-14-8/h5-6H,4H2,1-3H3,(H,10,12). The Morgan fingerprint density at radius 1 is 1.79 bits per heavy atom. The highest BCUT2D eigenvalue weighted by atomic mass is 32.1. The van der Waals surface area contributed by atoms with Crippen LogP contribution in [0.15, 0.2) is 6.07 Å². The van der Waals surface area contributed by atoms with E-state index in [4.69, 9.17) is 4.74 Å². The Labute approximate surface area is 87.4 Å². The molecule has 1 heterocycles. The third kappa shape index (κ3) is 2.70. The van der Waals surface area contributed by atoms with Crippen LogP contribution in [0.1, 0.15) is 20.3 Å². The van der Waals surface area contributed by atoms with Gasteiger partial charge in [0.2, 0.25) is 11.8 Å². The Morgan fingerprint density at radius 2 is 2.50 bits per heavy atom. The number of nitrogens with zero attached hydrogens (tertiary/aromatic N) is 1. The molecule has 0 aromatic carbocycles. The lowest BCUT2D eigenvalue weighted by molar-refractivity contribution is -0.119. The first-order chi connectivity index (χ1) is 6.67. The summed E-state index contributed by atoms with van der Waals surface area (Å²) in [6.45, 7) is 3.88. The molecule has 1 atom stereocenters. The van der Waals surface area contributed by atoms with Crippen LogP contribution in [-0.4, -0.2) is 17.4 Å². The Bertz CT molecular complexity index is 312. The molecule has 0 saturated carbocycles. The van der Waals surface area contributed by atoms with Crippen molar-refractivity contribution in [2.45, 2.75) is 20.3 Å². The van der Waals surface area contributed by atoms with E-state index in [-0.39, 0.29) is 11.8 Å². The first-order valence-corrected chi connectivity index (χ1v) is 5.26. The van der Waals surface area contributed by atoms with Gasteiger partial charge in [-0.2, -0.15) is 4.37 Å². The summed E-state index contributed by atoms with van der Waals surface area (Å²) in [5, 5.41) is 3.51. The van der Waals surface area contributed by atoms with Crippen LogP contribution in [0.2, 0.25) is 0 Å². The maximum Gasteiger partial charge on any atom is 0.227 e. The second-order valence-corrected chi connectivity index (χ2v) is 3.84. The fraction of sp³-hybridized carbons (Fsp3) is 0.556. The summed E-state index contributed by atoms with van der Waals surface area (Å²) in [5.74, 6) is 0.594. The van der Waals surface area contributed by atoms with E-state index in [1.54, 1.807) is 13.2 Å². The summed E-state index contributed by atoms with van der Waals surface area (Å²) in [6, 6.07) is 1.71. The van der Waals surface area contributed by atoms with Crippen LogP contribution in [0.4, 0.5) is 5.00 Å². The molecule has 0 bridgehead atoms. The van der Waals surface area contributed by atoms with E-state index in [1.807, 2.05) is 13.8 Å². The molecule has 0 saturated heterocycles. The van der Waals surface area contributed by atoms with E-state index in [2.05, 4.69) is 9.69 Å². The van der Waals surface area contributed by atoms with Gasteiger partial charge < -0.3 is 10.1 Å². The van der Waals surface area contributed by atoms with Crippen molar-refractivity contribution in [3.63, 3.8) is 0 Å². The van der Waals surface area contributed by atoms with Crippen LogP contribution in [0, 0.1) is 5.92 Å². The number of hydrogen-bond donors (Lipinski definition) is 1. The lowest BCUT2D eigenvalue weighted by atomic mass is 10.1. The lowest BCUT2D eigenvalue weighted by Crippen LogP contribution is -2.18. The van der Waals surface area contributed by atoms with Crippen molar-refractivity contribution >= 4 is 22.4 Å². The van der Waals surface area contributed by atoms with Gasteiger partial charge in [-0.15, -0.1) is 0 Å². The average Bonchev–Trinajstić information content (AvgIpc) is 2.64. The third-order valence-corrected chi connectivity index (χ3v) is 2.69. The molecule has 78 valence electrons. The SMILES string of the molecule is CCC(C)C(=O)Nc1cc(OC)ns1. The van der Waals surface area contributed by atoms with Gasteiger partial charge in [-0.05, 0) is 18.0 Å². The second-order valence-electron chi connectivity index (χ2n) is 3.03. The minimum atomic E-state index is 0.0267. The molecule has 1 amide bonds. The van der Waals surface area contributed by atoms with Crippen LogP contribution >= 0.6 is 11.5 Å². The number of amides is 1. The summed E-state index contributed by atoms with van der Waals surface area (Å²) in [4.78, 5) is 11.5. The van der Waals surface area contributed by atoms with Crippen LogP contribution in [-0.2, 0) is 4.79 Å². The normalized spacial score (nSPS) is 12.2. The predicted octanol–water partition coefficient (Wildman–Crippen LogP) is 2.14. The molecular weight excluding hydrogens is 200 g/mol. The summed E-state index contributed by atoms with van der Waals surface area (Å²) in [7, 11) is 1.55. The fourth-order valence-electron chi connectivity index (χ4n) is 0.844. The summed E-state index contributed by atoms with van der Waals surface area (Å²) in [6.07, 6.45) is 0.835. The molecule has 1 rings (SSSR count). The van der Waals surface area contributed by atoms with Gasteiger partial charge >= 0.3 is 0 Å². The number of aromatic nitrogens is 1. The number of hydrogen-bond acceptors (Lipinski definition) is 4. The zero-order valence-electron chi connectivity index (χ0n) is 8.53. The van der Waals surface area contributed by atoms with Crippen molar-refractivity contribution in [3.8, 4) is 5.88 Å². The van der Waals surface area contributed by atoms with Crippen LogP contribution in [0.3, 0.4) is 0 Å². The molecule has 0 radical (unpaired) electrons. The largest absolute Gasteiger partial charge is 0.480 e. The maximum absolute atomic E-state index is 11.5. The third-order valence-electron chi connectivity index (χ3n) is 2.00. The van der Waals surface area contributed by atoms with Crippen molar-refractivity contribution in [1.82, 2.24) is 4.37 Å². The van der Waals surface area contributed by atoms with E-state index in [9.17, 15) is 4.79 Å². The number of carbonyl (C=O) groups is 1. The average molecular weight is 214 g/mol. The van der Waals surface area contributed by atoms with Crippen molar-refractivity contribution in [2.24, 2.45) is 5.92 Å². The van der Waals surface area contributed by atoms with Gasteiger partial charge in [0.1, 0.15) is 5.00 Å². The number of anilines is 1. The minimum Gasteiger partial charge on any atom is -0.480 e. The highest BCUT2D eigenvalue weighted by Crippen LogP contribution is 2.22. The molecule has 0 aliphatic heterocycles. The summed E-state index contributed by atoms with van der Waals surface area (Å²) in [5.41, 5.74) is 0. The first kappa shape index (κ1) is 11.0. The van der Waals surface area contributed by atoms with E-state index in [1.165, 1.54) is 11.5 Å². The van der Waals surface area contributed by atoms with Gasteiger partial charge in [-0.3, -0.25) is 4.79 Å². The molecule has 1 N–H and O–H groups in total. The number of rotatable bonds is 4. The molecule has 0 spiro atoms. The number of nitrogens with one attached hydrogen (secondary N) is 1. The summed E-state index contributed by atoms with van der Waals surface area (Å²) >= 11 is 1.22. The zero-order valence-corrected chi connectivity index (χ0v) is 9.35. The molecule has 4 nitrogen and oxygen atoms in total. The van der Waals surface area contributed by atoms with Crippen LogP contribution in [0.25, 0.3) is 0 Å². The molecule has 1 aromatic heterocycles. The maximum atomic E-state index is 11.5. The molecule has 5 heteroatoms. The highest BCUT2D eigenvalue weighted by Gasteiger charge is 2.12. The van der Waals surface area contributed by atoms with E-state index < -0.39 is 0 Å². The van der Waals surface area contributed by atoms with Gasteiger partial charge in [0, 0.05) is 12.0 Å². The van der Waals surface area contributed by atoms with Gasteiger partial charge in [-0.25, -0.2) is 0 Å². The fourth-order valence-corrected chi connectivity index (χ4v) is 1.46. The van der Waals surface area contributed by atoms with E-state index in [0.717, 1.165) is 11.4 Å². The monoisotopic (exact) mass is 214 g/mol. The second kappa shape index (κ2) is 4.95. The Hall–Kier alpha value is -1.10. The van der Waals surface area contributed by atoms with E-state index >= 15 is 0 Å². The first-order valence-electron chi connectivity index (χ1n) is 4.49. The number of methoxy groups -OCH3 is 1. The Kier molecular flexibility index (Phi) is 3.88. The van der Waals surface area contributed by atoms with Crippen molar-refractivity contribution in [1.29, 1.82) is 0 Å². The topological polar surface area (TPSA) is 51.2 Å². The molecular formula is C9H14N2O2S. The molecule has 1 aromatic rings. The van der Waals surface area contributed by atoms with Crippen LogP contribution in [0.5, 0.6) is 5.88 Å². The van der Waals surface area contributed by atoms with Crippen molar-refractivity contribution in [2.75, 3.05) is 12.4 Å². The molecule has 0 aliphatic rings. The summed E-state index contributed by atoms with van der Waals surface area (Å²) < 4.78 is 8.89. The van der Waals surface area contributed by atoms with Crippen molar-refractivity contribution < 1.29 is 9.53 Å².